The summed E-state index contributed by atoms with van der Waals surface area (Å²) >= 11 is 0. The van der Waals surface area contributed by atoms with Crippen LogP contribution in [0.1, 0.15) is 25.7 Å². The van der Waals surface area contributed by atoms with Crippen molar-refractivity contribution in [1.82, 2.24) is 19.6 Å². The molecule has 0 bridgehead atoms. The Hall–Kier alpha value is -0.280. The molecule has 0 aromatic rings. The van der Waals surface area contributed by atoms with Crippen LogP contribution >= 0.6 is 0 Å². The van der Waals surface area contributed by atoms with Gasteiger partial charge in [0.2, 0.25) is 0 Å². The molecule has 4 aliphatic rings. The van der Waals surface area contributed by atoms with Gasteiger partial charge in [-0.1, -0.05) is 0 Å². The van der Waals surface area contributed by atoms with E-state index in [1.165, 1.54) is 78.0 Å². The lowest BCUT2D eigenvalue weighted by atomic mass is 10.1. The molecular weight excluding hydrogens is 368 g/mol. The predicted molar refractivity (Wildman–Crippen MR) is 115 cm³/mol. The maximum absolute atomic E-state index is 5.98. The fraction of sp³-hybridized carbons (Fsp3) is 1.00. The van der Waals surface area contributed by atoms with E-state index in [2.05, 4.69) is 19.6 Å². The van der Waals surface area contributed by atoms with Gasteiger partial charge in [-0.05, 0) is 25.7 Å². The maximum atomic E-state index is 5.98. The molecule has 4 aliphatic heterocycles. The molecule has 0 N–H and O–H groups in total. The zero-order valence-corrected chi connectivity index (χ0v) is 18.3. The number of rotatable bonds is 8. The first-order valence-corrected chi connectivity index (χ1v) is 12.0. The largest absolute Gasteiger partial charge is 0.381 e. The summed E-state index contributed by atoms with van der Waals surface area (Å²) in [4.78, 5) is 10.5. The molecule has 0 unspecified atom stereocenters. The highest BCUT2D eigenvalue weighted by Gasteiger charge is 2.26. The summed E-state index contributed by atoms with van der Waals surface area (Å²) in [6.07, 6.45) is 4.86. The van der Waals surface area contributed by atoms with Crippen molar-refractivity contribution >= 4 is 0 Å². The molecule has 0 radical (unpaired) electrons. The number of piperazine rings is 2. The predicted octanol–water partition coefficient (Wildman–Crippen LogP) is 0.596. The van der Waals surface area contributed by atoms with Crippen LogP contribution in [0.4, 0.5) is 0 Å². The SMILES string of the molecule is C1CC(N2CCN(CCOCCN3CCN(C4CCOCC4)CC3)CC2)CCO1. The lowest BCUT2D eigenvalue weighted by Crippen LogP contribution is -2.52. The first-order chi connectivity index (χ1) is 14.4. The van der Waals surface area contributed by atoms with Gasteiger partial charge in [0.1, 0.15) is 0 Å². The Labute approximate surface area is 177 Å². The third kappa shape index (κ3) is 6.86. The molecule has 0 aliphatic carbocycles. The van der Waals surface area contributed by atoms with E-state index in [1.807, 2.05) is 0 Å². The average molecular weight is 411 g/mol. The van der Waals surface area contributed by atoms with E-state index in [0.717, 1.165) is 64.8 Å². The molecule has 0 aromatic carbocycles. The van der Waals surface area contributed by atoms with E-state index in [0.29, 0.717) is 0 Å². The highest BCUT2D eigenvalue weighted by molar-refractivity contribution is 4.81. The van der Waals surface area contributed by atoms with Gasteiger partial charge in [0.05, 0.1) is 13.2 Å². The van der Waals surface area contributed by atoms with Crippen LogP contribution < -0.4 is 0 Å². The number of hydrogen-bond donors (Lipinski definition) is 0. The van der Waals surface area contributed by atoms with Gasteiger partial charge in [-0.2, -0.15) is 0 Å². The standard InChI is InChI=1S/C22H42N4O3/c1-15-27-16-2-21(1)25-9-5-23(6-10-25)13-19-29-20-14-24-7-11-26(12-8-24)22-3-17-28-18-4-22/h21-22H,1-20H2. The van der Waals surface area contributed by atoms with Crippen LogP contribution in [0.3, 0.4) is 0 Å². The maximum Gasteiger partial charge on any atom is 0.0594 e. The quantitative estimate of drug-likeness (QED) is 0.543. The Morgan fingerprint density at radius 3 is 1.31 bits per heavy atom. The molecule has 0 spiro atoms. The van der Waals surface area contributed by atoms with Crippen molar-refractivity contribution in [3.63, 3.8) is 0 Å². The van der Waals surface area contributed by atoms with Crippen LogP contribution in [0.25, 0.3) is 0 Å². The van der Waals surface area contributed by atoms with Crippen LogP contribution in [0.5, 0.6) is 0 Å². The first-order valence-electron chi connectivity index (χ1n) is 12.0. The van der Waals surface area contributed by atoms with Gasteiger partial charge in [0, 0.05) is 104 Å². The van der Waals surface area contributed by atoms with Gasteiger partial charge >= 0.3 is 0 Å². The second kappa shape index (κ2) is 11.9. The Kier molecular flexibility index (Phi) is 9.03. The molecule has 4 rings (SSSR count). The first kappa shape index (κ1) is 21.9. The normalized spacial score (nSPS) is 28.1. The van der Waals surface area contributed by atoms with Gasteiger partial charge in [-0.15, -0.1) is 0 Å². The summed E-state index contributed by atoms with van der Waals surface area (Å²) in [6.45, 7) is 17.3. The summed E-state index contributed by atoms with van der Waals surface area (Å²) in [5.74, 6) is 0. The van der Waals surface area contributed by atoms with Crippen molar-refractivity contribution in [3.05, 3.63) is 0 Å². The van der Waals surface area contributed by atoms with Crippen LogP contribution in [0.2, 0.25) is 0 Å². The fourth-order valence-electron chi connectivity index (χ4n) is 5.29. The smallest absolute Gasteiger partial charge is 0.0594 e. The van der Waals surface area contributed by atoms with E-state index in [9.17, 15) is 0 Å². The third-order valence-electron chi connectivity index (χ3n) is 7.33. The molecule has 168 valence electrons. The lowest BCUT2D eigenvalue weighted by molar-refractivity contribution is 0.00186. The van der Waals surface area contributed by atoms with Crippen molar-refractivity contribution in [2.45, 2.75) is 37.8 Å². The van der Waals surface area contributed by atoms with Crippen LogP contribution in [0, 0.1) is 0 Å². The van der Waals surface area contributed by atoms with E-state index in [1.54, 1.807) is 0 Å². The van der Waals surface area contributed by atoms with Crippen LogP contribution in [-0.2, 0) is 14.2 Å². The minimum atomic E-state index is 0.758. The minimum Gasteiger partial charge on any atom is -0.381 e. The molecule has 0 amide bonds. The molecular formula is C22H42N4O3. The monoisotopic (exact) mass is 410 g/mol. The average Bonchev–Trinajstić information content (AvgIpc) is 2.81. The second-order valence-corrected chi connectivity index (χ2v) is 9.05. The molecule has 4 heterocycles. The number of hydrogen-bond acceptors (Lipinski definition) is 7. The van der Waals surface area contributed by atoms with Gasteiger partial charge in [0.25, 0.3) is 0 Å². The van der Waals surface area contributed by atoms with E-state index in [-0.39, 0.29) is 0 Å². The lowest BCUT2D eigenvalue weighted by Gasteiger charge is -2.41. The minimum absolute atomic E-state index is 0.758. The van der Waals surface area contributed by atoms with E-state index >= 15 is 0 Å². The summed E-state index contributed by atoms with van der Waals surface area (Å²) in [5.41, 5.74) is 0. The van der Waals surface area contributed by atoms with Gasteiger partial charge in [-0.3, -0.25) is 19.6 Å². The van der Waals surface area contributed by atoms with Crippen molar-refractivity contribution in [2.24, 2.45) is 0 Å². The third-order valence-corrected chi connectivity index (χ3v) is 7.33. The summed E-state index contributed by atoms with van der Waals surface area (Å²) in [7, 11) is 0. The van der Waals surface area contributed by atoms with Gasteiger partial charge in [0.15, 0.2) is 0 Å². The van der Waals surface area contributed by atoms with Gasteiger partial charge < -0.3 is 14.2 Å². The summed E-state index contributed by atoms with van der Waals surface area (Å²) in [6, 6.07) is 1.52. The van der Waals surface area contributed by atoms with Crippen molar-refractivity contribution in [2.75, 3.05) is 105 Å². The molecule has 0 atom stereocenters. The molecule has 4 fully saturated rings. The summed E-state index contributed by atoms with van der Waals surface area (Å²) in [5, 5.41) is 0. The Balaban J connectivity index is 1.01. The zero-order valence-electron chi connectivity index (χ0n) is 18.3. The number of nitrogens with zero attached hydrogens (tertiary/aromatic N) is 4. The van der Waals surface area contributed by atoms with Crippen molar-refractivity contribution < 1.29 is 14.2 Å². The highest BCUT2D eigenvalue weighted by Crippen LogP contribution is 2.17. The Morgan fingerprint density at radius 2 is 0.931 bits per heavy atom. The Morgan fingerprint density at radius 1 is 0.552 bits per heavy atom. The molecule has 7 heteroatoms. The molecule has 4 saturated heterocycles. The van der Waals surface area contributed by atoms with Crippen molar-refractivity contribution in [3.8, 4) is 0 Å². The van der Waals surface area contributed by atoms with E-state index in [4.69, 9.17) is 14.2 Å². The second-order valence-electron chi connectivity index (χ2n) is 9.05. The topological polar surface area (TPSA) is 40.7 Å². The summed E-state index contributed by atoms with van der Waals surface area (Å²) < 4.78 is 17.0. The molecule has 29 heavy (non-hydrogen) atoms. The fourth-order valence-corrected chi connectivity index (χ4v) is 5.29. The molecule has 7 nitrogen and oxygen atoms in total. The van der Waals surface area contributed by atoms with Crippen LogP contribution in [-0.4, -0.2) is 137 Å². The van der Waals surface area contributed by atoms with Crippen LogP contribution in [0.15, 0.2) is 0 Å². The molecule has 0 saturated carbocycles. The molecule has 0 aromatic heterocycles. The highest BCUT2D eigenvalue weighted by atomic mass is 16.5. The van der Waals surface area contributed by atoms with E-state index < -0.39 is 0 Å². The van der Waals surface area contributed by atoms with Crippen molar-refractivity contribution in [1.29, 1.82) is 0 Å². The Bertz CT molecular complexity index is 401. The zero-order chi connectivity index (χ0) is 19.7. The number of ether oxygens (including phenoxy) is 3. The van der Waals surface area contributed by atoms with Gasteiger partial charge in [-0.25, -0.2) is 0 Å².